The smallest absolute Gasteiger partial charge is 0.261 e. The van der Waals surface area contributed by atoms with Crippen molar-refractivity contribution >= 4 is 23.2 Å². The van der Waals surface area contributed by atoms with E-state index < -0.39 is 0 Å². The molecule has 0 atom stereocenters. The zero-order valence-electron chi connectivity index (χ0n) is 13.2. The van der Waals surface area contributed by atoms with E-state index in [1.807, 2.05) is 32.9 Å². The monoisotopic (exact) mass is 308 g/mol. The molecule has 0 bridgehead atoms. The third kappa shape index (κ3) is 6.58. The van der Waals surface area contributed by atoms with E-state index in [0.717, 1.165) is 12.8 Å². The normalized spacial score (nSPS) is 10.9. The lowest BCUT2D eigenvalue weighted by atomic mass is 10.1. The lowest BCUT2D eigenvalue weighted by Gasteiger charge is -2.22. The van der Waals surface area contributed by atoms with Crippen molar-refractivity contribution in [2.24, 2.45) is 0 Å². The Bertz CT molecular complexity index is 495. The van der Waals surface area contributed by atoms with Gasteiger partial charge in [-0.15, -0.1) is 0 Å². The molecule has 1 aromatic rings. The summed E-state index contributed by atoms with van der Waals surface area (Å²) in [5.41, 5.74) is 0.299. The lowest BCUT2D eigenvalue weighted by Crippen LogP contribution is -2.48. The highest BCUT2D eigenvalue weighted by molar-refractivity contribution is 7.80. The fraction of sp³-hybridized carbons (Fsp3) is 0.500. The van der Waals surface area contributed by atoms with Crippen LogP contribution in [-0.2, 0) is 0 Å². The zero-order chi connectivity index (χ0) is 15.9. The second-order valence-electron chi connectivity index (χ2n) is 5.86. The quantitative estimate of drug-likeness (QED) is 0.647. The van der Waals surface area contributed by atoms with E-state index in [9.17, 15) is 4.79 Å². The van der Waals surface area contributed by atoms with Crippen LogP contribution in [0.1, 0.15) is 50.9 Å². The van der Waals surface area contributed by atoms with Gasteiger partial charge in [-0.05, 0) is 51.5 Å². The van der Waals surface area contributed by atoms with Gasteiger partial charge >= 0.3 is 0 Å². The number of carbonyl (C=O) groups excluding carboxylic acids is 1. The van der Waals surface area contributed by atoms with Crippen LogP contribution in [0.3, 0.4) is 0 Å². The molecular formula is C16H24N2O2S. The summed E-state index contributed by atoms with van der Waals surface area (Å²) in [5, 5.41) is 6.05. The molecule has 0 aromatic heterocycles. The van der Waals surface area contributed by atoms with Crippen molar-refractivity contribution in [1.82, 2.24) is 10.6 Å². The van der Waals surface area contributed by atoms with Gasteiger partial charge in [0.25, 0.3) is 5.91 Å². The highest BCUT2D eigenvalue weighted by atomic mass is 32.1. The molecule has 0 radical (unpaired) electrons. The number of para-hydroxylation sites is 1. The molecule has 5 heteroatoms. The third-order valence-corrected chi connectivity index (χ3v) is 2.81. The second kappa shape index (κ2) is 7.98. The van der Waals surface area contributed by atoms with Crippen molar-refractivity contribution in [3.05, 3.63) is 29.8 Å². The van der Waals surface area contributed by atoms with Gasteiger partial charge in [-0.1, -0.05) is 25.5 Å². The highest BCUT2D eigenvalue weighted by Gasteiger charge is 2.16. The Balaban J connectivity index is 2.71. The summed E-state index contributed by atoms with van der Waals surface area (Å²) in [6.07, 6.45) is 2.01. The summed E-state index contributed by atoms with van der Waals surface area (Å²) in [5.74, 6) is 0.325. The summed E-state index contributed by atoms with van der Waals surface area (Å²) in [4.78, 5) is 12.3. The average Bonchev–Trinajstić information content (AvgIpc) is 2.37. The van der Waals surface area contributed by atoms with Crippen LogP contribution in [0.5, 0.6) is 5.75 Å². The van der Waals surface area contributed by atoms with Crippen LogP contribution in [0, 0.1) is 0 Å². The molecule has 1 aromatic carbocycles. The Morgan fingerprint density at radius 1 is 1.29 bits per heavy atom. The highest BCUT2D eigenvalue weighted by Crippen LogP contribution is 2.18. The van der Waals surface area contributed by atoms with E-state index >= 15 is 0 Å². The number of benzene rings is 1. The van der Waals surface area contributed by atoms with E-state index in [1.165, 1.54) is 0 Å². The molecule has 0 aliphatic rings. The first-order valence-electron chi connectivity index (χ1n) is 7.19. The van der Waals surface area contributed by atoms with E-state index in [-0.39, 0.29) is 11.4 Å². The minimum absolute atomic E-state index is 0.193. The molecule has 21 heavy (non-hydrogen) atoms. The molecule has 1 amide bonds. The molecule has 4 nitrogen and oxygen atoms in total. The largest absolute Gasteiger partial charge is 0.493 e. The molecule has 1 rings (SSSR count). The number of unbranched alkanes of at least 4 members (excludes halogenated alkanes) is 1. The summed E-state index contributed by atoms with van der Waals surface area (Å²) in [6, 6.07) is 7.19. The second-order valence-corrected chi connectivity index (χ2v) is 6.26. The molecule has 0 spiro atoms. The zero-order valence-corrected chi connectivity index (χ0v) is 14.0. The van der Waals surface area contributed by atoms with Crippen molar-refractivity contribution in [3.63, 3.8) is 0 Å². The van der Waals surface area contributed by atoms with Crippen LogP contribution in [-0.4, -0.2) is 23.2 Å². The molecule has 116 valence electrons. The van der Waals surface area contributed by atoms with Gasteiger partial charge in [0.1, 0.15) is 5.75 Å². The molecule has 0 aliphatic heterocycles. The van der Waals surface area contributed by atoms with Crippen LogP contribution in [0.25, 0.3) is 0 Å². The van der Waals surface area contributed by atoms with Crippen LogP contribution in [0.2, 0.25) is 0 Å². The molecule has 0 fully saturated rings. The van der Waals surface area contributed by atoms with Gasteiger partial charge in [-0.3, -0.25) is 10.1 Å². The van der Waals surface area contributed by atoms with E-state index in [2.05, 4.69) is 17.6 Å². The Labute approximate surface area is 132 Å². The molecule has 0 unspecified atom stereocenters. The Morgan fingerprint density at radius 2 is 1.95 bits per heavy atom. The molecule has 0 heterocycles. The first kappa shape index (κ1) is 17.4. The number of rotatable bonds is 5. The minimum atomic E-state index is -0.260. The fourth-order valence-corrected chi connectivity index (χ4v) is 2.05. The molecular weight excluding hydrogens is 284 g/mol. The Kier molecular flexibility index (Phi) is 6.62. The molecule has 2 N–H and O–H groups in total. The number of hydrogen-bond acceptors (Lipinski definition) is 3. The standard InChI is InChI=1S/C16H24N2O2S/c1-5-6-11-20-13-10-8-7-9-12(13)14(19)17-15(21)18-16(2,3)4/h7-10H,5-6,11H2,1-4H3,(H2,17,18,19,21). The van der Waals surface area contributed by atoms with E-state index in [4.69, 9.17) is 17.0 Å². The summed E-state index contributed by atoms with van der Waals surface area (Å²) in [7, 11) is 0. The molecule has 0 saturated carbocycles. The van der Waals surface area contributed by atoms with Gasteiger partial charge in [-0.25, -0.2) is 0 Å². The number of carbonyl (C=O) groups is 1. The minimum Gasteiger partial charge on any atom is -0.493 e. The van der Waals surface area contributed by atoms with Crippen molar-refractivity contribution in [3.8, 4) is 5.75 Å². The predicted octanol–water partition coefficient (Wildman–Crippen LogP) is 3.27. The summed E-state index contributed by atoms with van der Waals surface area (Å²) in [6.45, 7) is 8.64. The first-order valence-corrected chi connectivity index (χ1v) is 7.59. The maximum absolute atomic E-state index is 12.3. The third-order valence-electron chi connectivity index (χ3n) is 2.60. The predicted molar refractivity (Wildman–Crippen MR) is 89.8 cm³/mol. The SMILES string of the molecule is CCCCOc1ccccc1C(=O)NC(=S)NC(C)(C)C. The number of thiocarbonyl (C=S) groups is 1. The summed E-state index contributed by atoms with van der Waals surface area (Å²) >= 11 is 5.14. The maximum Gasteiger partial charge on any atom is 0.261 e. The van der Waals surface area contributed by atoms with Crippen LogP contribution < -0.4 is 15.4 Å². The molecule has 0 aliphatic carbocycles. The van der Waals surface area contributed by atoms with Gasteiger partial charge in [0.2, 0.25) is 0 Å². The van der Waals surface area contributed by atoms with Gasteiger partial charge < -0.3 is 10.1 Å². The fourth-order valence-electron chi connectivity index (χ4n) is 1.65. The van der Waals surface area contributed by atoms with Crippen molar-refractivity contribution < 1.29 is 9.53 Å². The topological polar surface area (TPSA) is 50.4 Å². The molecule has 0 saturated heterocycles. The van der Waals surface area contributed by atoms with Gasteiger partial charge in [0.05, 0.1) is 12.2 Å². The van der Waals surface area contributed by atoms with E-state index in [1.54, 1.807) is 12.1 Å². The van der Waals surface area contributed by atoms with Gasteiger partial charge in [0, 0.05) is 5.54 Å². The van der Waals surface area contributed by atoms with Crippen LogP contribution in [0.15, 0.2) is 24.3 Å². The first-order chi connectivity index (χ1) is 9.83. The maximum atomic E-state index is 12.3. The number of nitrogens with one attached hydrogen (secondary N) is 2. The van der Waals surface area contributed by atoms with Crippen molar-refractivity contribution in [2.75, 3.05) is 6.61 Å². The van der Waals surface area contributed by atoms with Gasteiger partial charge in [-0.2, -0.15) is 0 Å². The van der Waals surface area contributed by atoms with Gasteiger partial charge in [0.15, 0.2) is 5.11 Å². The number of ether oxygens (including phenoxy) is 1. The van der Waals surface area contributed by atoms with Crippen molar-refractivity contribution in [1.29, 1.82) is 0 Å². The Hall–Kier alpha value is -1.62. The van der Waals surface area contributed by atoms with Crippen LogP contribution in [0.4, 0.5) is 0 Å². The van der Waals surface area contributed by atoms with Crippen molar-refractivity contribution in [2.45, 2.75) is 46.1 Å². The summed E-state index contributed by atoms with van der Waals surface area (Å²) < 4.78 is 5.66. The number of hydrogen-bond donors (Lipinski definition) is 2. The average molecular weight is 308 g/mol. The van der Waals surface area contributed by atoms with Crippen LogP contribution >= 0.6 is 12.2 Å². The Morgan fingerprint density at radius 3 is 2.57 bits per heavy atom. The lowest BCUT2D eigenvalue weighted by molar-refractivity contribution is 0.0972. The number of amides is 1. The van der Waals surface area contributed by atoms with E-state index in [0.29, 0.717) is 23.0 Å².